The summed E-state index contributed by atoms with van der Waals surface area (Å²) < 4.78 is 0. The first-order valence-corrected chi connectivity index (χ1v) is 11.3. The highest BCUT2D eigenvalue weighted by molar-refractivity contribution is 5.85. The summed E-state index contributed by atoms with van der Waals surface area (Å²) in [5.41, 5.74) is 0. The number of aliphatic hydroxyl groups excluding tert-OH is 1. The van der Waals surface area contributed by atoms with Crippen molar-refractivity contribution in [2.45, 2.75) is 116 Å². The van der Waals surface area contributed by atoms with Gasteiger partial charge in [-0.05, 0) is 20.0 Å². The fourth-order valence-corrected chi connectivity index (χ4v) is 3.33. The molecule has 0 fully saturated rings. The predicted molar refractivity (Wildman–Crippen MR) is 120 cm³/mol. The van der Waals surface area contributed by atoms with Gasteiger partial charge in [0.25, 0.3) is 0 Å². The molecule has 0 aromatic heterocycles. The van der Waals surface area contributed by atoms with Crippen LogP contribution in [0.4, 0.5) is 0 Å². The van der Waals surface area contributed by atoms with Gasteiger partial charge in [-0.1, -0.05) is 103 Å². The summed E-state index contributed by atoms with van der Waals surface area (Å²) in [4.78, 5) is 0. The zero-order valence-electron chi connectivity index (χ0n) is 17.9. The number of halogens is 1. The maximum Gasteiger partial charge on any atom is 0.0596 e. The maximum absolute atomic E-state index is 9.07. The third-order valence-electron chi connectivity index (χ3n) is 5.23. The molecule has 3 N–H and O–H groups in total. The van der Waals surface area contributed by atoms with Crippen LogP contribution in [0.25, 0.3) is 0 Å². The van der Waals surface area contributed by atoms with E-state index in [9.17, 15) is 0 Å². The first kappa shape index (κ1) is 28.4. The molecule has 0 unspecified atom stereocenters. The molecule has 0 aromatic rings. The normalized spacial score (nSPS) is 12.1. The lowest BCUT2D eigenvalue weighted by atomic mass is 10.0. The highest BCUT2D eigenvalue weighted by atomic mass is 35.5. The van der Waals surface area contributed by atoms with Gasteiger partial charge in [0, 0.05) is 12.6 Å². The molecule has 0 amide bonds. The first-order chi connectivity index (χ1) is 12.3. The van der Waals surface area contributed by atoms with E-state index in [0.717, 1.165) is 13.1 Å². The molecule has 4 heteroatoms. The third-order valence-corrected chi connectivity index (χ3v) is 5.23. The van der Waals surface area contributed by atoms with Crippen LogP contribution >= 0.6 is 12.4 Å². The minimum atomic E-state index is 0. The standard InChI is InChI=1S/C22H48N2O.ClH/c1-3-4-5-6-7-8-9-10-11-12-13-14-15-16-17-18-19-24-20-22(21-25)23-2;/h22-25H,3-21H2,1-2H3;1H/t22-;/m1./s1. The van der Waals surface area contributed by atoms with Gasteiger partial charge in [-0.25, -0.2) is 0 Å². The zero-order valence-corrected chi connectivity index (χ0v) is 18.7. The lowest BCUT2D eigenvalue weighted by Crippen LogP contribution is -2.39. The molecular weight excluding hydrogens is 344 g/mol. The molecule has 0 spiro atoms. The molecule has 26 heavy (non-hydrogen) atoms. The molecule has 0 saturated carbocycles. The molecule has 0 rings (SSSR count). The Morgan fingerprint density at radius 1 is 0.654 bits per heavy atom. The van der Waals surface area contributed by atoms with Gasteiger partial charge in [-0.15, -0.1) is 12.4 Å². The molecule has 0 aliphatic heterocycles. The second kappa shape index (κ2) is 25.2. The van der Waals surface area contributed by atoms with Gasteiger partial charge in [0.2, 0.25) is 0 Å². The molecule has 0 aliphatic carbocycles. The Kier molecular flexibility index (Phi) is 27.5. The minimum absolute atomic E-state index is 0. The van der Waals surface area contributed by atoms with E-state index in [2.05, 4.69) is 17.6 Å². The molecule has 160 valence electrons. The van der Waals surface area contributed by atoms with Crippen molar-refractivity contribution in [3.05, 3.63) is 0 Å². The summed E-state index contributed by atoms with van der Waals surface area (Å²) in [6.07, 6.45) is 22.7. The Hall–Kier alpha value is 0.170. The van der Waals surface area contributed by atoms with Crippen LogP contribution in [0, 0.1) is 0 Å². The zero-order chi connectivity index (χ0) is 18.4. The fraction of sp³-hybridized carbons (Fsp3) is 1.00. The molecule has 1 atom stereocenters. The average Bonchev–Trinajstić information content (AvgIpc) is 2.64. The lowest BCUT2D eigenvalue weighted by molar-refractivity contribution is 0.245. The monoisotopic (exact) mass is 392 g/mol. The van der Waals surface area contributed by atoms with E-state index in [0.29, 0.717) is 0 Å². The van der Waals surface area contributed by atoms with Crippen LogP contribution in [-0.2, 0) is 0 Å². The van der Waals surface area contributed by atoms with Crippen LogP contribution < -0.4 is 10.6 Å². The molecule has 3 nitrogen and oxygen atoms in total. The largest absolute Gasteiger partial charge is 0.395 e. The number of rotatable bonds is 21. The first-order valence-electron chi connectivity index (χ1n) is 11.3. The Labute approximate surface area is 170 Å². The van der Waals surface area contributed by atoms with Crippen molar-refractivity contribution in [1.29, 1.82) is 0 Å². The van der Waals surface area contributed by atoms with E-state index in [1.54, 1.807) is 0 Å². The van der Waals surface area contributed by atoms with Crippen molar-refractivity contribution in [3.63, 3.8) is 0 Å². The van der Waals surface area contributed by atoms with Crippen LogP contribution in [0.5, 0.6) is 0 Å². The van der Waals surface area contributed by atoms with Crippen LogP contribution in [0.1, 0.15) is 110 Å². The van der Waals surface area contributed by atoms with E-state index in [-0.39, 0.29) is 25.1 Å². The van der Waals surface area contributed by atoms with E-state index >= 15 is 0 Å². The van der Waals surface area contributed by atoms with Gasteiger partial charge in [0.05, 0.1) is 6.61 Å². The van der Waals surface area contributed by atoms with Gasteiger partial charge >= 0.3 is 0 Å². The number of aliphatic hydroxyl groups is 1. The van der Waals surface area contributed by atoms with E-state index in [4.69, 9.17) is 5.11 Å². The molecule has 0 aliphatic rings. The van der Waals surface area contributed by atoms with E-state index in [1.165, 1.54) is 103 Å². The van der Waals surface area contributed by atoms with Gasteiger partial charge in [0.1, 0.15) is 0 Å². The fourth-order valence-electron chi connectivity index (χ4n) is 3.33. The van der Waals surface area contributed by atoms with Crippen molar-refractivity contribution < 1.29 is 5.11 Å². The second-order valence-electron chi connectivity index (χ2n) is 7.68. The molecule has 0 saturated heterocycles. The molecule has 0 bridgehead atoms. The van der Waals surface area contributed by atoms with Gasteiger partial charge < -0.3 is 15.7 Å². The number of unbranched alkanes of at least 4 members (excludes halogenated alkanes) is 15. The van der Waals surface area contributed by atoms with Crippen molar-refractivity contribution in [1.82, 2.24) is 10.6 Å². The maximum atomic E-state index is 9.07. The Morgan fingerprint density at radius 3 is 1.38 bits per heavy atom. The van der Waals surface area contributed by atoms with Crippen LogP contribution in [-0.4, -0.2) is 37.9 Å². The van der Waals surface area contributed by atoms with Crippen LogP contribution in [0.2, 0.25) is 0 Å². The highest BCUT2D eigenvalue weighted by Crippen LogP contribution is 2.13. The highest BCUT2D eigenvalue weighted by Gasteiger charge is 2.01. The number of hydrogen-bond donors (Lipinski definition) is 3. The average molecular weight is 393 g/mol. The number of likely N-dealkylation sites (N-methyl/N-ethyl adjacent to an activating group) is 1. The predicted octanol–water partition coefficient (Wildman–Crippen LogP) is 5.84. The smallest absolute Gasteiger partial charge is 0.0596 e. The SMILES string of the molecule is CCCCCCCCCCCCCCCCCCNC[C@H](CO)NC.Cl. The molecular formula is C22H49ClN2O. The van der Waals surface area contributed by atoms with Gasteiger partial charge in [-0.3, -0.25) is 0 Å². The summed E-state index contributed by atoms with van der Waals surface area (Å²) in [6, 6.07) is 0.195. The molecule has 0 heterocycles. The minimum Gasteiger partial charge on any atom is -0.395 e. The van der Waals surface area contributed by atoms with Crippen molar-refractivity contribution in [2.75, 3.05) is 26.7 Å². The van der Waals surface area contributed by atoms with Gasteiger partial charge in [-0.2, -0.15) is 0 Å². The number of hydrogen-bond acceptors (Lipinski definition) is 3. The summed E-state index contributed by atoms with van der Waals surface area (Å²) >= 11 is 0. The third kappa shape index (κ3) is 22.2. The van der Waals surface area contributed by atoms with Crippen LogP contribution in [0.15, 0.2) is 0 Å². The summed E-state index contributed by atoms with van der Waals surface area (Å²) in [7, 11) is 1.90. The Bertz CT molecular complexity index is 238. The van der Waals surface area contributed by atoms with Gasteiger partial charge in [0.15, 0.2) is 0 Å². The molecule has 0 aromatic carbocycles. The van der Waals surface area contributed by atoms with Crippen molar-refractivity contribution >= 4 is 12.4 Å². The summed E-state index contributed by atoms with van der Waals surface area (Å²) in [5, 5.41) is 15.6. The van der Waals surface area contributed by atoms with E-state index < -0.39 is 0 Å². The Balaban J connectivity index is 0. The van der Waals surface area contributed by atoms with Crippen molar-refractivity contribution in [2.24, 2.45) is 0 Å². The quantitative estimate of drug-likeness (QED) is 0.215. The number of nitrogens with one attached hydrogen (secondary N) is 2. The van der Waals surface area contributed by atoms with E-state index in [1.807, 2.05) is 7.05 Å². The summed E-state index contributed by atoms with van der Waals surface area (Å²) in [5.74, 6) is 0. The lowest BCUT2D eigenvalue weighted by Gasteiger charge is -2.13. The Morgan fingerprint density at radius 2 is 1.04 bits per heavy atom. The van der Waals surface area contributed by atoms with Crippen LogP contribution in [0.3, 0.4) is 0 Å². The van der Waals surface area contributed by atoms with Crippen molar-refractivity contribution in [3.8, 4) is 0 Å². The second-order valence-corrected chi connectivity index (χ2v) is 7.68. The summed E-state index contributed by atoms with van der Waals surface area (Å²) in [6.45, 7) is 4.45. The molecule has 0 radical (unpaired) electrons. The topological polar surface area (TPSA) is 44.3 Å².